The van der Waals surface area contributed by atoms with Gasteiger partial charge in [0.15, 0.2) is 0 Å². The first-order chi connectivity index (χ1) is 10.00. The number of nitrogens with one attached hydrogen (secondary N) is 1. The molecule has 2 aromatic rings. The lowest BCUT2D eigenvalue weighted by molar-refractivity contribution is 0.340. The number of benzene rings is 2. The Morgan fingerprint density at radius 2 is 1.76 bits per heavy atom. The van der Waals surface area contributed by atoms with Crippen LogP contribution >= 0.6 is 0 Å². The Hall–Kier alpha value is -2.08. The van der Waals surface area contributed by atoms with Crippen LogP contribution in [0.5, 0.6) is 5.75 Å². The Kier molecular flexibility index (Phi) is 4.80. The van der Waals surface area contributed by atoms with Crippen molar-refractivity contribution < 1.29 is 17.5 Å². The van der Waals surface area contributed by atoms with Crippen molar-refractivity contribution >= 4 is 15.7 Å². The first kappa shape index (κ1) is 15.3. The molecule has 0 unspecified atom stereocenters. The molecule has 1 N–H and O–H groups in total. The Labute approximate surface area is 123 Å². The third kappa shape index (κ3) is 4.46. The Balaban J connectivity index is 2.09. The molecular weight excluding hydrogens is 293 g/mol. The molecule has 0 spiro atoms. The summed E-state index contributed by atoms with van der Waals surface area (Å²) in [7, 11) is -3.67. The third-order valence-corrected chi connectivity index (χ3v) is 3.98. The molecule has 112 valence electrons. The van der Waals surface area contributed by atoms with Gasteiger partial charge in [-0.3, -0.25) is 4.72 Å². The van der Waals surface area contributed by atoms with Crippen LogP contribution in [0.25, 0.3) is 0 Å². The number of sulfonamides is 1. The summed E-state index contributed by atoms with van der Waals surface area (Å²) >= 11 is 0. The highest BCUT2D eigenvalue weighted by atomic mass is 32.2. The Morgan fingerprint density at radius 1 is 1.10 bits per heavy atom. The maximum absolute atomic E-state index is 13.5. The van der Waals surface area contributed by atoms with Gasteiger partial charge in [-0.05, 0) is 37.3 Å². The van der Waals surface area contributed by atoms with E-state index in [0.717, 1.165) is 0 Å². The van der Waals surface area contributed by atoms with Gasteiger partial charge in [0.1, 0.15) is 11.6 Å². The van der Waals surface area contributed by atoms with Gasteiger partial charge < -0.3 is 4.74 Å². The van der Waals surface area contributed by atoms with Crippen LogP contribution in [-0.4, -0.2) is 15.0 Å². The van der Waals surface area contributed by atoms with E-state index >= 15 is 0 Å². The summed E-state index contributed by atoms with van der Waals surface area (Å²) < 4.78 is 45.2. The van der Waals surface area contributed by atoms with Gasteiger partial charge >= 0.3 is 0 Å². The van der Waals surface area contributed by atoms with Crippen LogP contribution in [0.2, 0.25) is 0 Å². The molecule has 0 aliphatic rings. The summed E-state index contributed by atoms with van der Waals surface area (Å²) in [5.74, 6) is -0.281. The molecule has 0 heterocycles. The molecule has 0 atom stereocenters. The number of anilines is 1. The zero-order valence-electron chi connectivity index (χ0n) is 11.5. The predicted molar refractivity (Wildman–Crippen MR) is 80.3 cm³/mol. The Bertz CT molecular complexity index is 699. The standard InChI is InChI=1S/C15H16FNO3S/c1-2-20-14-9-7-13(8-10-14)17-21(18,19)11-12-5-3-4-6-15(12)16/h3-10,17H,2,11H2,1H3. The molecule has 0 fully saturated rings. The summed E-state index contributed by atoms with van der Waals surface area (Å²) in [6.45, 7) is 2.41. The van der Waals surface area contributed by atoms with Crippen LogP contribution in [0.3, 0.4) is 0 Å². The van der Waals surface area contributed by atoms with Crippen LogP contribution in [0.15, 0.2) is 48.5 Å². The lowest BCUT2D eigenvalue weighted by atomic mass is 10.2. The fourth-order valence-electron chi connectivity index (χ4n) is 1.82. The quantitative estimate of drug-likeness (QED) is 0.891. The highest BCUT2D eigenvalue weighted by Gasteiger charge is 2.14. The molecule has 0 aliphatic heterocycles. The van der Waals surface area contributed by atoms with Crippen molar-refractivity contribution in [2.75, 3.05) is 11.3 Å². The topological polar surface area (TPSA) is 55.4 Å². The molecule has 0 saturated heterocycles. The average Bonchev–Trinajstić information content (AvgIpc) is 2.43. The summed E-state index contributed by atoms with van der Waals surface area (Å²) in [6, 6.07) is 12.4. The summed E-state index contributed by atoms with van der Waals surface area (Å²) in [5, 5.41) is 0. The number of rotatable bonds is 6. The van der Waals surface area contributed by atoms with Gasteiger partial charge in [0, 0.05) is 11.3 Å². The molecular formula is C15H16FNO3S. The number of hydrogen-bond donors (Lipinski definition) is 1. The van der Waals surface area contributed by atoms with E-state index in [4.69, 9.17) is 4.74 Å². The third-order valence-electron chi connectivity index (χ3n) is 2.74. The van der Waals surface area contributed by atoms with Crippen molar-refractivity contribution in [3.05, 3.63) is 59.9 Å². The SMILES string of the molecule is CCOc1ccc(NS(=O)(=O)Cc2ccccc2F)cc1. The average molecular weight is 309 g/mol. The van der Waals surface area contributed by atoms with Crippen LogP contribution in [0.4, 0.5) is 10.1 Å². The van der Waals surface area contributed by atoms with E-state index in [1.54, 1.807) is 30.3 Å². The van der Waals surface area contributed by atoms with E-state index in [0.29, 0.717) is 18.0 Å². The van der Waals surface area contributed by atoms with E-state index in [1.807, 2.05) is 6.92 Å². The van der Waals surface area contributed by atoms with E-state index in [2.05, 4.69) is 4.72 Å². The van der Waals surface area contributed by atoms with Gasteiger partial charge in [0.25, 0.3) is 0 Å². The van der Waals surface area contributed by atoms with Crippen molar-refractivity contribution in [2.45, 2.75) is 12.7 Å². The molecule has 0 aliphatic carbocycles. The monoisotopic (exact) mass is 309 g/mol. The van der Waals surface area contributed by atoms with Crippen LogP contribution in [0, 0.1) is 5.82 Å². The fourth-order valence-corrected chi connectivity index (χ4v) is 3.03. The molecule has 0 aromatic heterocycles. The lowest BCUT2D eigenvalue weighted by Gasteiger charge is -2.09. The summed E-state index contributed by atoms with van der Waals surface area (Å²) in [6.07, 6.45) is 0. The van der Waals surface area contributed by atoms with E-state index < -0.39 is 21.6 Å². The van der Waals surface area contributed by atoms with Gasteiger partial charge in [-0.2, -0.15) is 0 Å². The highest BCUT2D eigenvalue weighted by molar-refractivity contribution is 7.91. The van der Waals surface area contributed by atoms with Crippen molar-refractivity contribution in [1.82, 2.24) is 0 Å². The zero-order chi connectivity index (χ0) is 15.3. The van der Waals surface area contributed by atoms with Crippen LogP contribution in [0.1, 0.15) is 12.5 Å². The molecule has 0 amide bonds. The second-order valence-corrected chi connectivity index (χ2v) is 6.13. The minimum atomic E-state index is -3.67. The van der Waals surface area contributed by atoms with Crippen molar-refractivity contribution in [2.24, 2.45) is 0 Å². The predicted octanol–water partition coefficient (Wildman–Crippen LogP) is 3.17. The lowest BCUT2D eigenvalue weighted by Crippen LogP contribution is -2.15. The molecule has 2 rings (SSSR count). The van der Waals surface area contributed by atoms with Crippen LogP contribution in [-0.2, 0) is 15.8 Å². The maximum atomic E-state index is 13.5. The van der Waals surface area contributed by atoms with E-state index in [9.17, 15) is 12.8 Å². The fraction of sp³-hybridized carbons (Fsp3) is 0.200. The molecule has 21 heavy (non-hydrogen) atoms. The van der Waals surface area contributed by atoms with Gasteiger partial charge in [0.2, 0.25) is 10.0 Å². The van der Waals surface area contributed by atoms with Crippen molar-refractivity contribution in [3.63, 3.8) is 0 Å². The molecule has 0 saturated carbocycles. The zero-order valence-corrected chi connectivity index (χ0v) is 12.4. The number of hydrogen-bond acceptors (Lipinski definition) is 3. The minimum absolute atomic E-state index is 0.135. The number of ether oxygens (including phenoxy) is 1. The molecule has 0 radical (unpaired) electrons. The maximum Gasteiger partial charge on any atom is 0.237 e. The molecule has 6 heteroatoms. The van der Waals surface area contributed by atoms with Gasteiger partial charge in [-0.1, -0.05) is 18.2 Å². The minimum Gasteiger partial charge on any atom is -0.494 e. The first-order valence-electron chi connectivity index (χ1n) is 6.47. The van der Waals surface area contributed by atoms with Gasteiger partial charge in [0.05, 0.1) is 12.4 Å². The molecule has 4 nitrogen and oxygen atoms in total. The summed E-state index contributed by atoms with van der Waals surface area (Å²) in [4.78, 5) is 0. The summed E-state index contributed by atoms with van der Waals surface area (Å²) in [5.41, 5.74) is 0.547. The van der Waals surface area contributed by atoms with E-state index in [1.165, 1.54) is 18.2 Å². The van der Waals surface area contributed by atoms with E-state index in [-0.39, 0.29) is 5.56 Å². The first-order valence-corrected chi connectivity index (χ1v) is 8.12. The number of halogens is 1. The second-order valence-electron chi connectivity index (χ2n) is 4.41. The van der Waals surface area contributed by atoms with Crippen LogP contribution < -0.4 is 9.46 Å². The highest BCUT2D eigenvalue weighted by Crippen LogP contribution is 2.18. The van der Waals surface area contributed by atoms with Gasteiger partial charge in [-0.15, -0.1) is 0 Å². The van der Waals surface area contributed by atoms with Crippen molar-refractivity contribution in [1.29, 1.82) is 0 Å². The smallest absolute Gasteiger partial charge is 0.237 e. The largest absolute Gasteiger partial charge is 0.494 e. The molecule has 2 aromatic carbocycles. The normalized spacial score (nSPS) is 11.1. The van der Waals surface area contributed by atoms with Crippen molar-refractivity contribution in [3.8, 4) is 5.75 Å². The molecule has 0 bridgehead atoms. The second kappa shape index (κ2) is 6.58. The Morgan fingerprint density at radius 3 is 2.38 bits per heavy atom. The van der Waals surface area contributed by atoms with Gasteiger partial charge in [-0.25, -0.2) is 12.8 Å².